The van der Waals surface area contributed by atoms with E-state index in [4.69, 9.17) is 0 Å². The van der Waals surface area contributed by atoms with Gasteiger partial charge in [0.25, 0.3) is 0 Å². The molecule has 0 aromatic heterocycles. The average Bonchev–Trinajstić information content (AvgIpc) is 0.918. The fourth-order valence-corrected chi connectivity index (χ4v) is 0. The summed E-state index contributed by atoms with van der Waals surface area (Å²) in [5.74, 6) is 0. The van der Waals surface area contributed by atoms with Gasteiger partial charge in [-0.15, -0.1) is 0 Å². The molecule has 0 N–H and O–H groups in total. The van der Waals surface area contributed by atoms with Crippen molar-refractivity contribution in [2.24, 2.45) is 0 Å². The van der Waals surface area contributed by atoms with E-state index in [1.807, 2.05) is 0 Å². The summed E-state index contributed by atoms with van der Waals surface area (Å²) in [5, 5.41) is 0. The van der Waals surface area contributed by atoms with Crippen LogP contribution in [-0.2, 0) is 17.1 Å². The van der Waals surface area contributed by atoms with Gasteiger partial charge in [-0.2, -0.15) is 0 Å². The molecule has 28 valence electrons. The van der Waals surface area contributed by atoms with E-state index in [9.17, 15) is 0 Å². The summed E-state index contributed by atoms with van der Waals surface area (Å²) < 4.78 is 0. The van der Waals surface area contributed by atoms with E-state index >= 15 is 0 Å². The molecule has 0 aliphatic rings. The fraction of sp³-hybridized carbons (Fsp3) is 1.00. The molecule has 0 spiro atoms. The summed E-state index contributed by atoms with van der Waals surface area (Å²) in [7, 11) is 0.417. The third-order valence-corrected chi connectivity index (χ3v) is 0. The molecule has 0 saturated heterocycles. The Morgan fingerprint density at radius 2 is 1.25 bits per heavy atom. The molecule has 0 rings (SSSR count). The minimum atomic E-state index is 0. The SMILES string of the molecule is C[SiH2]C.[Fe]. The largest absolute Gasteiger partial charge is 0.0750 e. The van der Waals surface area contributed by atoms with E-state index in [0.29, 0.717) is 9.52 Å². The van der Waals surface area contributed by atoms with Crippen molar-refractivity contribution in [3.05, 3.63) is 0 Å². The van der Waals surface area contributed by atoms with E-state index in [0.717, 1.165) is 0 Å². The molecule has 0 heterocycles. The van der Waals surface area contributed by atoms with Crippen molar-refractivity contribution in [3.63, 3.8) is 0 Å². The molecule has 0 radical (unpaired) electrons. The van der Waals surface area contributed by atoms with Crippen molar-refractivity contribution < 1.29 is 17.1 Å². The van der Waals surface area contributed by atoms with Crippen LogP contribution >= 0.6 is 0 Å². The van der Waals surface area contributed by atoms with E-state index in [1.54, 1.807) is 0 Å². The Morgan fingerprint density at radius 1 is 1.25 bits per heavy atom. The van der Waals surface area contributed by atoms with Gasteiger partial charge in [0, 0.05) is 26.6 Å². The summed E-state index contributed by atoms with van der Waals surface area (Å²) in [6.45, 7) is 4.53. The van der Waals surface area contributed by atoms with Crippen LogP contribution in [0.3, 0.4) is 0 Å². The molecule has 2 heteroatoms. The summed E-state index contributed by atoms with van der Waals surface area (Å²) in [5.41, 5.74) is 0. The van der Waals surface area contributed by atoms with Crippen molar-refractivity contribution in [1.29, 1.82) is 0 Å². The number of hydrogen-bond acceptors (Lipinski definition) is 0. The number of rotatable bonds is 0. The Hall–Kier alpha value is 0.736. The van der Waals surface area contributed by atoms with Crippen molar-refractivity contribution in [2.75, 3.05) is 0 Å². The maximum Gasteiger partial charge on any atom is 0.0135 e. The van der Waals surface area contributed by atoms with Crippen LogP contribution in [-0.4, -0.2) is 9.52 Å². The molecular formula is C2H8FeSi. The Kier molecular flexibility index (Phi) is 20.5. The zero-order valence-corrected chi connectivity index (χ0v) is 5.58. The van der Waals surface area contributed by atoms with Crippen molar-refractivity contribution in [1.82, 2.24) is 0 Å². The monoisotopic (exact) mass is 116 g/mol. The van der Waals surface area contributed by atoms with Gasteiger partial charge in [-0.25, -0.2) is 0 Å². The van der Waals surface area contributed by atoms with Gasteiger partial charge < -0.3 is 0 Å². The topological polar surface area (TPSA) is 0 Å². The second-order valence-corrected chi connectivity index (χ2v) is 2.12. The zero-order chi connectivity index (χ0) is 2.71. The van der Waals surface area contributed by atoms with Gasteiger partial charge in [0.05, 0.1) is 0 Å². The third-order valence-electron chi connectivity index (χ3n) is 0. The first-order valence-electron chi connectivity index (χ1n) is 1.41. The summed E-state index contributed by atoms with van der Waals surface area (Å²) >= 11 is 0. The van der Waals surface area contributed by atoms with E-state index < -0.39 is 0 Å². The Balaban J connectivity index is 0. The molecule has 4 heavy (non-hydrogen) atoms. The van der Waals surface area contributed by atoms with Gasteiger partial charge in [0.15, 0.2) is 0 Å². The Bertz CT molecular complexity index is 6.00. The first-order valence-corrected chi connectivity index (χ1v) is 4.24. The molecule has 0 aliphatic carbocycles. The van der Waals surface area contributed by atoms with E-state index in [1.165, 1.54) is 0 Å². The molecular weight excluding hydrogens is 108 g/mol. The molecule has 0 aromatic rings. The summed E-state index contributed by atoms with van der Waals surface area (Å²) in [6.07, 6.45) is 0. The molecule has 0 saturated carbocycles. The Labute approximate surface area is 40.3 Å². The van der Waals surface area contributed by atoms with E-state index in [-0.39, 0.29) is 17.1 Å². The molecule has 0 nitrogen and oxygen atoms in total. The minimum Gasteiger partial charge on any atom is -0.0750 e. The predicted octanol–water partition coefficient (Wildman–Crippen LogP) is 0.249. The van der Waals surface area contributed by atoms with Crippen LogP contribution in [0.15, 0.2) is 0 Å². The standard InChI is InChI=1S/C2H8Si.Fe/c1-3-2;/h3H2,1-2H3;. The normalized spacial score (nSPS) is 4.50. The molecule has 0 unspecified atom stereocenters. The molecule has 0 aliphatic heterocycles. The summed E-state index contributed by atoms with van der Waals surface area (Å²) in [4.78, 5) is 0. The fourth-order valence-electron chi connectivity index (χ4n) is 0. The smallest absolute Gasteiger partial charge is 0.0135 e. The van der Waals surface area contributed by atoms with Crippen LogP contribution in [0, 0.1) is 0 Å². The van der Waals surface area contributed by atoms with Crippen LogP contribution in [0.2, 0.25) is 13.1 Å². The van der Waals surface area contributed by atoms with Crippen LogP contribution in [0.5, 0.6) is 0 Å². The maximum atomic E-state index is 2.26. The van der Waals surface area contributed by atoms with Gasteiger partial charge in [0.2, 0.25) is 0 Å². The minimum absolute atomic E-state index is 0. The van der Waals surface area contributed by atoms with Gasteiger partial charge in [-0.05, 0) is 0 Å². The predicted molar refractivity (Wildman–Crippen MR) is 20.3 cm³/mol. The van der Waals surface area contributed by atoms with Gasteiger partial charge in [-0.3, -0.25) is 0 Å². The molecule has 0 aromatic carbocycles. The van der Waals surface area contributed by atoms with Crippen LogP contribution < -0.4 is 0 Å². The zero-order valence-electron chi connectivity index (χ0n) is 3.06. The van der Waals surface area contributed by atoms with Gasteiger partial charge in [-0.1, -0.05) is 13.1 Å². The van der Waals surface area contributed by atoms with Crippen molar-refractivity contribution in [3.8, 4) is 0 Å². The molecule has 0 amide bonds. The first kappa shape index (κ1) is 8.83. The quantitative estimate of drug-likeness (QED) is 0.398. The summed E-state index contributed by atoms with van der Waals surface area (Å²) in [6, 6.07) is 0. The molecule has 0 atom stereocenters. The second-order valence-electron chi connectivity index (χ2n) is 0.707. The third kappa shape index (κ3) is 15.2. The molecule has 0 fully saturated rings. The maximum absolute atomic E-state index is 2.26. The van der Waals surface area contributed by atoms with Crippen LogP contribution in [0.1, 0.15) is 0 Å². The van der Waals surface area contributed by atoms with Crippen LogP contribution in [0.4, 0.5) is 0 Å². The van der Waals surface area contributed by atoms with E-state index in [2.05, 4.69) is 13.1 Å². The second kappa shape index (κ2) is 9.28. The number of hydrogen-bond donors (Lipinski definition) is 0. The first-order chi connectivity index (χ1) is 1.41. The van der Waals surface area contributed by atoms with Gasteiger partial charge >= 0.3 is 0 Å². The van der Waals surface area contributed by atoms with Crippen LogP contribution in [0.25, 0.3) is 0 Å². The van der Waals surface area contributed by atoms with Crippen molar-refractivity contribution >= 4 is 9.52 Å². The van der Waals surface area contributed by atoms with Crippen molar-refractivity contribution in [2.45, 2.75) is 13.1 Å². The Morgan fingerprint density at radius 3 is 1.25 bits per heavy atom. The molecule has 0 bridgehead atoms. The van der Waals surface area contributed by atoms with Gasteiger partial charge in [0.1, 0.15) is 0 Å². The average molecular weight is 116 g/mol.